The van der Waals surface area contributed by atoms with Crippen molar-refractivity contribution in [2.45, 2.75) is 51.5 Å². The van der Waals surface area contributed by atoms with Gasteiger partial charge in [0.1, 0.15) is 6.04 Å². The average Bonchev–Trinajstić information content (AvgIpc) is 2.26. The van der Waals surface area contributed by atoms with E-state index in [0.717, 1.165) is 19.3 Å². The van der Waals surface area contributed by atoms with E-state index >= 15 is 0 Å². The van der Waals surface area contributed by atoms with Gasteiger partial charge in [-0.1, -0.05) is 26.2 Å². The molecule has 0 spiro atoms. The maximum Gasteiger partial charge on any atom is 0.323 e. The molecule has 0 saturated heterocycles. The van der Waals surface area contributed by atoms with Crippen molar-refractivity contribution in [3.8, 4) is 0 Å². The summed E-state index contributed by atoms with van der Waals surface area (Å²) in [7, 11) is 0. The van der Waals surface area contributed by atoms with E-state index < -0.39 is 0 Å². The fourth-order valence-corrected chi connectivity index (χ4v) is 1.98. The van der Waals surface area contributed by atoms with Gasteiger partial charge in [-0.05, 0) is 25.2 Å². The predicted octanol–water partition coefficient (Wildman–Crippen LogP) is 1.85. The largest absolute Gasteiger partial charge is 0.465 e. The van der Waals surface area contributed by atoms with Gasteiger partial charge in [-0.15, -0.1) is 0 Å². The van der Waals surface area contributed by atoms with Crippen molar-refractivity contribution in [2.24, 2.45) is 11.7 Å². The molecule has 0 aromatic rings. The van der Waals surface area contributed by atoms with Crippen LogP contribution in [0.1, 0.15) is 45.4 Å². The predicted molar refractivity (Wildman–Crippen MR) is 55.8 cm³/mol. The SMILES string of the molecule is CCCOC(=O)C(N)C1CCCCC1. The summed E-state index contributed by atoms with van der Waals surface area (Å²) in [6.45, 7) is 2.48. The van der Waals surface area contributed by atoms with Gasteiger partial charge >= 0.3 is 5.97 Å². The van der Waals surface area contributed by atoms with E-state index in [2.05, 4.69) is 0 Å². The second-order valence-electron chi connectivity index (χ2n) is 4.09. The Balaban J connectivity index is 2.30. The van der Waals surface area contributed by atoms with Gasteiger partial charge < -0.3 is 10.5 Å². The Morgan fingerprint density at radius 1 is 1.43 bits per heavy atom. The molecule has 3 heteroatoms. The van der Waals surface area contributed by atoms with Crippen molar-refractivity contribution < 1.29 is 9.53 Å². The van der Waals surface area contributed by atoms with Gasteiger partial charge in [0.25, 0.3) is 0 Å². The Bertz CT molecular complexity index is 176. The van der Waals surface area contributed by atoms with E-state index in [1.54, 1.807) is 0 Å². The highest BCUT2D eigenvalue weighted by atomic mass is 16.5. The first kappa shape index (κ1) is 11.5. The fraction of sp³-hybridized carbons (Fsp3) is 0.909. The van der Waals surface area contributed by atoms with Crippen LogP contribution < -0.4 is 5.73 Å². The molecule has 0 bridgehead atoms. The molecule has 82 valence electrons. The van der Waals surface area contributed by atoms with Gasteiger partial charge in [0.05, 0.1) is 6.61 Å². The van der Waals surface area contributed by atoms with Gasteiger partial charge in [-0.3, -0.25) is 4.79 Å². The van der Waals surface area contributed by atoms with E-state index in [1.807, 2.05) is 6.92 Å². The van der Waals surface area contributed by atoms with Crippen molar-refractivity contribution in [2.75, 3.05) is 6.61 Å². The molecule has 3 nitrogen and oxygen atoms in total. The van der Waals surface area contributed by atoms with Crippen LogP contribution in [0.25, 0.3) is 0 Å². The highest BCUT2D eigenvalue weighted by molar-refractivity contribution is 5.75. The first-order valence-electron chi connectivity index (χ1n) is 5.68. The number of nitrogens with two attached hydrogens (primary N) is 1. The maximum atomic E-state index is 11.5. The van der Waals surface area contributed by atoms with Gasteiger partial charge in [0.2, 0.25) is 0 Å². The topological polar surface area (TPSA) is 52.3 Å². The van der Waals surface area contributed by atoms with Gasteiger partial charge in [0.15, 0.2) is 0 Å². The lowest BCUT2D eigenvalue weighted by Crippen LogP contribution is -2.40. The van der Waals surface area contributed by atoms with E-state index in [-0.39, 0.29) is 12.0 Å². The Labute approximate surface area is 86.0 Å². The van der Waals surface area contributed by atoms with Crippen LogP contribution in [0.4, 0.5) is 0 Å². The molecule has 1 atom stereocenters. The second kappa shape index (κ2) is 6.02. The quantitative estimate of drug-likeness (QED) is 0.703. The number of hydrogen-bond acceptors (Lipinski definition) is 3. The molecule has 0 radical (unpaired) electrons. The molecule has 14 heavy (non-hydrogen) atoms. The summed E-state index contributed by atoms with van der Waals surface area (Å²) >= 11 is 0. The van der Waals surface area contributed by atoms with Crippen LogP contribution in [0.3, 0.4) is 0 Å². The lowest BCUT2D eigenvalue weighted by Gasteiger charge is -2.25. The number of esters is 1. The third kappa shape index (κ3) is 3.29. The summed E-state index contributed by atoms with van der Waals surface area (Å²) in [5.41, 5.74) is 5.86. The monoisotopic (exact) mass is 199 g/mol. The van der Waals surface area contributed by atoms with Crippen LogP contribution in [0.5, 0.6) is 0 Å². The zero-order valence-electron chi connectivity index (χ0n) is 9.00. The van der Waals surface area contributed by atoms with E-state index in [0.29, 0.717) is 12.5 Å². The lowest BCUT2D eigenvalue weighted by molar-refractivity contribution is -0.146. The number of carbonyl (C=O) groups is 1. The minimum absolute atomic E-state index is 0.209. The molecule has 1 unspecified atom stereocenters. The fourth-order valence-electron chi connectivity index (χ4n) is 1.98. The van der Waals surface area contributed by atoms with Crippen molar-refractivity contribution in [1.82, 2.24) is 0 Å². The summed E-state index contributed by atoms with van der Waals surface area (Å²) in [6, 6.07) is -0.387. The van der Waals surface area contributed by atoms with Crippen molar-refractivity contribution in [3.63, 3.8) is 0 Å². The molecule has 1 rings (SSSR count). The first-order valence-corrected chi connectivity index (χ1v) is 5.68. The number of hydrogen-bond donors (Lipinski definition) is 1. The molecule has 1 saturated carbocycles. The van der Waals surface area contributed by atoms with Crippen LogP contribution in [0.2, 0.25) is 0 Å². The number of ether oxygens (including phenoxy) is 1. The van der Waals surface area contributed by atoms with E-state index in [1.165, 1.54) is 19.3 Å². The van der Waals surface area contributed by atoms with Crippen LogP contribution in [0, 0.1) is 5.92 Å². The highest BCUT2D eigenvalue weighted by Crippen LogP contribution is 2.25. The van der Waals surface area contributed by atoms with Crippen LogP contribution in [-0.4, -0.2) is 18.6 Å². The van der Waals surface area contributed by atoms with Crippen molar-refractivity contribution in [3.05, 3.63) is 0 Å². The minimum atomic E-state index is -0.387. The Morgan fingerprint density at radius 2 is 2.07 bits per heavy atom. The minimum Gasteiger partial charge on any atom is -0.465 e. The van der Waals surface area contributed by atoms with Gasteiger partial charge in [-0.2, -0.15) is 0 Å². The molecular weight excluding hydrogens is 178 g/mol. The Morgan fingerprint density at radius 3 is 2.64 bits per heavy atom. The standard InChI is InChI=1S/C11H21NO2/c1-2-8-14-11(13)10(12)9-6-4-3-5-7-9/h9-10H,2-8,12H2,1H3. The third-order valence-corrected chi connectivity index (χ3v) is 2.88. The maximum absolute atomic E-state index is 11.5. The zero-order valence-corrected chi connectivity index (χ0v) is 9.00. The first-order chi connectivity index (χ1) is 6.75. The van der Waals surface area contributed by atoms with E-state index in [9.17, 15) is 4.79 Å². The van der Waals surface area contributed by atoms with Crippen molar-refractivity contribution in [1.29, 1.82) is 0 Å². The summed E-state index contributed by atoms with van der Waals surface area (Å²) < 4.78 is 5.04. The molecule has 0 amide bonds. The molecule has 0 heterocycles. The Hall–Kier alpha value is -0.570. The van der Waals surface area contributed by atoms with Crippen LogP contribution in [0.15, 0.2) is 0 Å². The van der Waals surface area contributed by atoms with Crippen molar-refractivity contribution >= 4 is 5.97 Å². The molecule has 0 aliphatic heterocycles. The summed E-state index contributed by atoms with van der Waals surface area (Å²) in [6.07, 6.45) is 6.74. The molecule has 0 aromatic heterocycles. The smallest absolute Gasteiger partial charge is 0.323 e. The zero-order chi connectivity index (χ0) is 10.4. The lowest BCUT2D eigenvalue weighted by atomic mass is 9.84. The number of carbonyl (C=O) groups excluding carboxylic acids is 1. The molecular formula is C11H21NO2. The Kier molecular flexibility index (Phi) is 4.94. The van der Waals surface area contributed by atoms with Gasteiger partial charge in [0, 0.05) is 0 Å². The molecule has 1 fully saturated rings. The third-order valence-electron chi connectivity index (χ3n) is 2.88. The van der Waals surface area contributed by atoms with Crippen LogP contribution >= 0.6 is 0 Å². The summed E-state index contributed by atoms with van der Waals surface area (Å²) in [5.74, 6) is 0.145. The van der Waals surface area contributed by atoms with Crippen LogP contribution in [-0.2, 0) is 9.53 Å². The molecule has 0 aromatic carbocycles. The normalized spacial score (nSPS) is 20.4. The molecule has 1 aliphatic carbocycles. The van der Waals surface area contributed by atoms with Gasteiger partial charge in [-0.25, -0.2) is 0 Å². The summed E-state index contributed by atoms with van der Waals surface area (Å²) in [4.78, 5) is 11.5. The van der Waals surface area contributed by atoms with E-state index in [4.69, 9.17) is 10.5 Å². The highest BCUT2D eigenvalue weighted by Gasteiger charge is 2.26. The number of rotatable bonds is 4. The molecule has 2 N–H and O–H groups in total. The average molecular weight is 199 g/mol. The molecule has 1 aliphatic rings. The summed E-state index contributed by atoms with van der Waals surface area (Å²) in [5, 5.41) is 0. The second-order valence-corrected chi connectivity index (χ2v) is 4.09.